The van der Waals surface area contributed by atoms with Gasteiger partial charge in [-0.3, -0.25) is 0 Å². The molecule has 0 aliphatic rings. The number of rotatable bonds is 4. The minimum Gasteiger partial charge on any atom is -0.480 e. The Morgan fingerprint density at radius 2 is 2.21 bits per heavy atom. The van der Waals surface area contributed by atoms with Crippen LogP contribution in [0.1, 0.15) is 5.56 Å². The summed E-state index contributed by atoms with van der Waals surface area (Å²) in [4.78, 5) is 8.00. The highest BCUT2D eigenvalue weighted by Crippen LogP contribution is 2.18. The summed E-state index contributed by atoms with van der Waals surface area (Å²) in [5.74, 6) is 1.16. The van der Waals surface area contributed by atoms with E-state index < -0.39 is 0 Å². The lowest BCUT2D eigenvalue weighted by molar-refractivity contribution is 0.351. The van der Waals surface area contributed by atoms with E-state index in [0.717, 1.165) is 5.56 Å². The molecule has 0 bridgehead atoms. The molecular formula is C9H12N2O2S. The average molecular weight is 212 g/mol. The molecule has 1 rings (SSSR count). The first-order valence-electron chi connectivity index (χ1n) is 4.04. The minimum absolute atomic E-state index is 0.296. The first kappa shape index (κ1) is 10.8. The van der Waals surface area contributed by atoms with E-state index in [9.17, 15) is 0 Å². The van der Waals surface area contributed by atoms with E-state index in [0.29, 0.717) is 17.6 Å². The van der Waals surface area contributed by atoms with Crippen LogP contribution in [0.4, 0.5) is 0 Å². The molecule has 0 atom stereocenters. The van der Waals surface area contributed by atoms with Crippen LogP contribution in [0, 0.1) is 0 Å². The maximum atomic E-state index is 5.08. The van der Waals surface area contributed by atoms with Crippen LogP contribution in [0.25, 0.3) is 6.08 Å². The van der Waals surface area contributed by atoms with Crippen molar-refractivity contribution in [2.24, 2.45) is 0 Å². The molecular weight excluding hydrogens is 200 g/mol. The van der Waals surface area contributed by atoms with Crippen LogP contribution in [0.3, 0.4) is 0 Å². The van der Waals surface area contributed by atoms with Gasteiger partial charge in [-0.1, -0.05) is 12.2 Å². The van der Waals surface area contributed by atoms with Crippen LogP contribution < -0.4 is 9.47 Å². The maximum Gasteiger partial charge on any atom is 0.319 e. The van der Waals surface area contributed by atoms with Crippen molar-refractivity contribution in [2.75, 3.05) is 20.0 Å². The summed E-state index contributed by atoms with van der Waals surface area (Å²) in [6.45, 7) is 0. The molecule has 1 heterocycles. The molecule has 0 unspecified atom stereocenters. The second kappa shape index (κ2) is 5.49. The predicted octanol–water partition coefficient (Wildman–Crippen LogP) is 1.44. The molecule has 0 aliphatic carbocycles. The smallest absolute Gasteiger partial charge is 0.319 e. The maximum absolute atomic E-state index is 5.08. The van der Waals surface area contributed by atoms with E-state index >= 15 is 0 Å². The summed E-state index contributed by atoms with van der Waals surface area (Å²) in [5.41, 5.74) is 0.808. The van der Waals surface area contributed by atoms with Crippen LogP contribution in [0.15, 0.2) is 12.3 Å². The van der Waals surface area contributed by atoms with Crippen LogP contribution in [-0.2, 0) is 0 Å². The van der Waals surface area contributed by atoms with Gasteiger partial charge in [-0.05, 0) is 0 Å². The molecule has 0 aromatic carbocycles. The highest BCUT2D eigenvalue weighted by atomic mass is 32.1. The molecule has 1 aromatic rings. The van der Waals surface area contributed by atoms with Crippen LogP contribution >= 0.6 is 12.6 Å². The van der Waals surface area contributed by atoms with Gasteiger partial charge in [0.15, 0.2) is 0 Å². The summed E-state index contributed by atoms with van der Waals surface area (Å²) in [6.07, 6.45) is 5.38. The number of ether oxygens (including phenoxy) is 2. The number of nitrogens with zero attached hydrogens (tertiary/aromatic N) is 2. The second-order valence-electron chi connectivity index (χ2n) is 2.41. The summed E-state index contributed by atoms with van der Waals surface area (Å²) >= 11 is 4.06. The molecule has 76 valence electrons. The van der Waals surface area contributed by atoms with Gasteiger partial charge in [-0.25, -0.2) is 4.98 Å². The molecule has 0 fully saturated rings. The van der Waals surface area contributed by atoms with Crippen molar-refractivity contribution in [3.63, 3.8) is 0 Å². The van der Waals surface area contributed by atoms with Crippen LogP contribution in [0.2, 0.25) is 0 Å². The zero-order chi connectivity index (χ0) is 10.4. The lowest BCUT2D eigenvalue weighted by Gasteiger charge is -2.04. The van der Waals surface area contributed by atoms with Gasteiger partial charge in [0.25, 0.3) is 0 Å². The predicted molar refractivity (Wildman–Crippen MR) is 58.0 cm³/mol. The number of methoxy groups -OCH3 is 2. The van der Waals surface area contributed by atoms with Gasteiger partial charge in [0.05, 0.1) is 19.8 Å². The highest BCUT2D eigenvalue weighted by Gasteiger charge is 2.04. The van der Waals surface area contributed by atoms with E-state index in [1.54, 1.807) is 13.3 Å². The quantitative estimate of drug-likeness (QED) is 0.767. The van der Waals surface area contributed by atoms with Gasteiger partial charge in [0.1, 0.15) is 0 Å². The fourth-order valence-corrected chi connectivity index (χ4v) is 1.02. The molecule has 1 aromatic heterocycles. The second-order valence-corrected chi connectivity index (χ2v) is 2.77. The molecule has 0 saturated carbocycles. The van der Waals surface area contributed by atoms with E-state index in [2.05, 4.69) is 22.6 Å². The zero-order valence-electron chi connectivity index (χ0n) is 8.10. The van der Waals surface area contributed by atoms with Crippen molar-refractivity contribution in [1.29, 1.82) is 0 Å². The normalized spacial score (nSPS) is 10.5. The Balaban J connectivity index is 2.99. The molecule has 0 radical (unpaired) electrons. The lowest BCUT2D eigenvalue weighted by Crippen LogP contribution is -1.97. The Bertz CT molecular complexity index is 329. The molecule has 5 heteroatoms. The van der Waals surface area contributed by atoms with Gasteiger partial charge in [0.2, 0.25) is 5.88 Å². The van der Waals surface area contributed by atoms with E-state index in [-0.39, 0.29) is 0 Å². The first-order valence-corrected chi connectivity index (χ1v) is 4.67. The highest BCUT2D eigenvalue weighted by molar-refractivity contribution is 7.80. The molecule has 4 nitrogen and oxygen atoms in total. The van der Waals surface area contributed by atoms with Crippen molar-refractivity contribution in [3.05, 3.63) is 17.8 Å². The third kappa shape index (κ3) is 2.63. The molecule has 0 amide bonds. The van der Waals surface area contributed by atoms with Gasteiger partial charge in [-0.15, -0.1) is 0 Å². The van der Waals surface area contributed by atoms with E-state index in [1.165, 1.54) is 7.11 Å². The third-order valence-corrected chi connectivity index (χ3v) is 1.75. The van der Waals surface area contributed by atoms with Crippen LogP contribution in [0.5, 0.6) is 11.9 Å². The summed E-state index contributed by atoms with van der Waals surface area (Å²) in [6, 6.07) is 0.296. The van der Waals surface area contributed by atoms with Gasteiger partial charge >= 0.3 is 6.01 Å². The molecule has 0 aliphatic heterocycles. The Morgan fingerprint density at radius 3 is 2.79 bits per heavy atom. The average Bonchev–Trinajstić information content (AvgIpc) is 2.26. The van der Waals surface area contributed by atoms with Gasteiger partial charge in [0, 0.05) is 11.9 Å². The van der Waals surface area contributed by atoms with Crippen molar-refractivity contribution in [3.8, 4) is 11.9 Å². The number of hydrogen-bond acceptors (Lipinski definition) is 5. The van der Waals surface area contributed by atoms with Gasteiger partial charge in [-0.2, -0.15) is 17.6 Å². The molecule has 0 N–H and O–H groups in total. The summed E-state index contributed by atoms with van der Waals surface area (Å²) < 4.78 is 9.95. The molecule has 14 heavy (non-hydrogen) atoms. The molecule has 0 saturated heterocycles. The molecule has 0 spiro atoms. The first-order chi connectivity index (χ1) is 6.81. The summed E-state index contributed by atoms with van der Waals surface area (Å²) in [7, 11) is 3.07. The number of hydrogen-bond donors (Lipinski definition) is 1. The fraction of sp³-hybridized carbons (Fsp3) is 0.333. The van der Waals surface area contributed by atoms with Crippen molar-refractivity contribution >= 4 is 18.7 Å². The largest absolute Gasteiger partial charge is 0.480 e. The topological polar surface area (TPSA) is 44.2 Å². The number of aromatic nitrogens is 2. The Hall–Kier alpha value is -1.23. The van der Waals surface area contributed by atoms with E-state index in [4.69, 9.17) is 9.47 Å². The fourth-order valence-electron chi connectivity index (χ4n) is 0.916. The third-order valence-electron chi connectivity index (χ3n) is 1.54. The Labute approximate surface area is 88.4 Å². The van der Waals surface area contributed by atoms with E-state index in [1.807, 2.05) is 12.2 Å². The Kier molecular flexibility index (Phi) is 4.25. The minimum atomic E-state index is 0.296. The summed E-state index contributed by atoms with van der Waals surface area (Å²) in [5, 5.41) is 0. The van der Waals surface area contributed by atoms with Crippen molar-refractivity contribution in [1.82, 2.24) is 9.97 Å². The monoisotopic (exact) mass is 212 g/mol. The SMILES string of the molecule is COc1ncc(C=CCS)c(OC)n1. The van der Waals surface area contributed by atoms with Crippen molar-refractivity contribution < 1.29 is 9.47 Å². The zero-order valence-corrected chi connectivity index (χ0v) is 8.99. The Morgan fingerprint density at radius 1 is 1.43 bits per heavy atom. The van der Waals surface area contributed by atoms with Crippen molar-refractivity contribution in [2.45, 2.75) is 0 Å². The standard InChI is InChI=1S/C9H12N2O2S/c1-12-8-7(4-3-5-14)6-10-9(11-8)13-2/h3-4,6,14H,5H2,1-2H3. The number of thiol groups is 1. The lowest BCUT2D eigenvalue weighted by atomic mass is 10.3. The van der Waals surface area contributed by atoms with Gasteiger partial charge < -0.3 is 9.47 Å². The van der Waals surface area contributed by atoms with Crippen LogP contribution in [-0.4, -0.2) is 29.9 Å².